The lowest BCUT2D eigenvalue weighted by atomic mass is 9.93. The fourth-order valence-corrected chi connectivity index (χ4v) is 2.49. The average molecular weight is 141 g/mol. The van der Waals surface area contributed by atoms with Gasteiger partial charge >= 0.3 is 0 Å². The summed E-state index contributed by atoms with van der Waals surface area (Å²) in [6, 6.07) is 0. The number of aliphatic hydroxyl groups excluding tert-OH is 1. The SMILES string of the molecule is OC[C@@H]1CC[C@H]2CNC[C@@H]12. The average Bonchev–Trinajstić information content (AvgIpc) is 2.44. The number of aliphatic hydroxyl groups is 1. The van der Waals surface area contributed by atoms with Crippen molar-refractivity contribution >= 4 is 0 Å². The Morgan fingerprint density at radius 2 is 2.20 bits per heavy atom. The summed E-state index contributed by atoms with van der Waals surface area (Å²) >= 11 is 0. The molecule has 1 saturated heterocycles. The van der Waals surface area contributed by atoms with Crippen molar-refractivity contribution in [2.45, 2.75) is 12.8 Å². The van der Waals surface area contributed by atoms with Gasteiger partial charge in [0, 0.05) is 6.61 Å². The minimum atomic E-state index is 0.406. The largest absolute Gasteiger partial charge is 0.396 e. The van der Waals surface area contributed by atoms with Gasteiger partial charge in [0.05, 0.1) is 0 Å². The van der Waals surface area contributed by atoms with Gasteiger partial charge in [-0.25, -0.2) is 0 Å². The van der Waals surface area contributed by atoms with Crippen LogP contribution >= 0.6 is 0 Å². The molecule has 0 spiro atoms. The summed E-state index contributed by atoms with van der Waals surface area (Å²) in [5, 5.41) is 12.4. The second-order valence-corrected chi connectivity index (χ2v) is 3.60. The molecule has 2 N–H and O–H groups in total. The molecule has 0 radical (unpaired) electrons. The van der Waals surface area contributed by atoms with Gasteiger partial charge in [0.2, 0.25) is 0 Å². The highest BCUT2D eigenvalue weighted by Crippen LogP contribution is 2.38. The third-order valence-electron chi connectivity index (χ3n) is 3.14. The quantitative estimate of drug-likeness (QED) is 0.547. The van der Waals surface area contributed by atoms with Crippen molar-refractivity contribution in [3.63, 3.8) is 0 Å². The molecule has 10 heavy (non-hydrogen) atoms. The van der Waals surface area contributed by atoms with Crippen LogP contribution < -0.4 is 5.32 Å². The third kappa shape index (κ3) is 0.867. The molecule has 0 bridgehead atoms. The molecule has 0 unspecified atom stereocenters. The molecule has 2 heteroatoms. The van der Waals surface area contributed by atoms with E-state index >= 15 is 0 Å². The molecule has 2 aliphatic rings. The van der Waals surface area contributed by atoms with Crippen LogP contribution in [0.5, 0.6) is 0 Å². The van der Waals surface area contributed by atoms with Gasteiger partial charge in [-0.1, -0.05) is 0 Å². The normalized spacial score (nSPS) is 45.9. The Bertz CT molecular complexity index is 126. The van der Waals surface area contributed by atoms with Crippen LogP contribution in [0.2, 0.25) is 0 Å². The number of nitrogens with one attached hydrogen (secondary N) is 1. The number of fused-ring (bicyclic) bond motifs is 1. The van der Waals surface area contributed by atoms with Crippen LogP contribution in [-0.2, 0) is 0 Å². The van der Waals surface area contributed by atoms with Gasteiger partial charge in [-0.3, -0.25) is 0 Å². The molecule has 0 aromatic rings. The molecule has 58 valence electrons. The number of rotatable bonds is 1. The summed E-state index contributed by atoms with van der Waals surface area (Å²) in [5.41, 5.74) is 0. The Kier molecular flexibility index (Phi) is 1.66. The summed E-state index contributed by atoms with van der Waals surface area (Å²) in [7, 11) is 0. The van der Waals surface area contributed by atoms with Gasteiger partial charge in [-0.05, 0) is 43.7 Å². The van der Waals surface area contributed by atoms with Crippen molar-refractivity contribution in [2.75, 3.05) is 19.7 Å². The van der Waals surface area contributed by atoms with Crippen molar-refractivity contribution in [2.24, 2.45) is 17.8 Å². The van der Waals surface area contributed by atoms with E-state index in [1.54, 1.807) is 0 Å². The second-order valence-electron chi connectivity index (χ2n) is 3.60. The lowest BCUT2D eigenvalue weighted by molar-refractivity contribution is 0.193. The molecule has 0 aromatic heterocycles. The molecule has 2 rings (SSSR count). The Morgan fingerprint density at radius 3 is 3.00 bits per heavy atom. The predicted molar refractivity (Wildman–Crippen MR) is 39.7 cm³/mol. The molecule has 0 aromatic carbocycles. The van der Waals surface area contributed by atoms with Crippen LogP contribution in [-0.4, -0.2) is 24.8 Å². The zero-order chi connectivity index (χ0) is 6.97. The predicted octanol–water partition coefficient (Wildman–Crippen LogP) is 0.224. The molecule has 1 heterocycles. The molecule has 2 fully saturated rings. The van der Waals surface area contributed by atoms with E-state index in [9.17, 15) is 0 Å². The van der Waals surface area contributed by atoms with E-state index in [0.717, 1.165) is 18.4 Å². The fraction of sp³-hybridized carbons (Fsp3) is 1.00. The van der Waals surface area contributed by atoms with Crippen LogP contribution in [0.1, 0.15) is 12.8 Å². The molecule has 1 saturated carbocycles. The van der Waals surface area contributed by atoms with Gasteiger partial charge in [0.15, 0.2) is 0 Å². The van der Waals surface area contributed by atoms with E-state index < -0.39 is 0 Å². The highest BCUT2D eigenvalue weighted by molar-refractivity contribution is 4.91. The number of hydrogen-bond acceptors (Lipinski definition) is 2. The monoisotopic (exact) mass is 141 g/mol. The molecule has 1 aliphatic heterocycles. The van der Waals surface area contributed by atoms with Gasteiger partial charge in [-0.15, -0.1) is 0 Å². The maximum atomic E-state index is 8.99. The van der Waals surface area contributed by atoms with E-state index in [1.165, 1.54) is 19.4 Å². The maximum Gasteiger partial charge on any atom is 0.0462 e. The molecule has 1 aliphatic carbocycles. The van der Waals surface area contributed by atoms with E-state index in [0.29, 0.717) is 12.5 Å². The van der Waals surface area contributed by atoms with E-state index in [1.807, 2.05) is 0 Å². The molecular weight excluding hydrogens is 126 g/mol. The first-order chi connectivity index (χ1) is 4.92. The molecule has 0 amide bonds. The zero-order valence-corrected chi connectivity index (χ0v) is 6.21. The van der Waals surface area contributed by atoms with Gasteiger partial charge in [0.1, 0.15) is 0 Å². The number of hydrogen-bond donors (Lipinski definition) is 2. The Hall–Kier alpha value is -0.0800. The first kappa shape index (κ1) is 6.62. The molecule has 3 atom stereocenters. The third-order valence-corrected chi connectivity index (χ3v) is 3.14. The minimum Gasteiger partial charge on any atom is -0.396 e. The van der Waals surface area contributed by atoms with Crippen LogP contribution in [0, 0.1) is 17.8 Å². The zero-order valence-electron chi connectivity index (χ0n) is 6.21. The fourth-order valence-electron chi connectivity index (χ4n) is 2.49. The van der Waals surface area contributed by atoms with Gasteiger partial charge in [-0.2, -0.15) is 0 Å². The van der Waals surface area contributed by atoms with Crippen molar-refractivity contribution in [1.82, 2.24) is 5.32 Å². The first-order valence-electron chi connectivity index (χ1n) is 4.23. The summed E-state index contributed by atoms with van der Waals surface area (Å²) in [6.45, 7) is 2.75. The lowest BCUT2D eigenvalue weighted by Crippen LogP contribution is -2.18. The van der Waals surface area contributed by atoms with Crippen LogP contribution in [0.15, 0.2) is 0 Å². The summed E-state index contributed by atoms with van der Waals surface area (Å²) in [4.78, 5) is 0. The topological polar surface area (TPSA) is 32.3 Å². The van der Waals surface area contributed by atoms with Crippen LogP contribution in [0.3, 0.4) is 0 Å². The van der Waals surface area contributed by atoms with Crippen molar-refractivity contribution in [3.05, 3.63) is 0 Å². The summed E-state index contributed by atoms with van der Waals surface area (Å²) in [6.07, 6.45) is 2.59. The first-order valence-corrected chi connectivity index (χ1v) is 4.23. The standard InChI is InChI=1S/C8H15NO/c10-5-7-2-1-6-3-9-4-8(6)7/h6-10H,1-5H2/t6-,7-,8+/m0/s1. The second kappa shape index (κ2) is 2.51. The molecule has 2 nitrogen and oxygen atoms in total. The van der Waals surface area contributed by atoms with E-state index in [2.05, 4.69) is 5.32 Å². The Morgan fingerprint density at radius 1 is 1.30 bits per heavy atom. The molecular formula is C8H15NO. The maximum absolute atomic E-state index is 8.99. The highest BCUT2D eigenvalue weighted by atomic mass is 16.3. The lowest BCUT2D eigenvalue weighted by Gasteiger charge is -2.13. The Labute approximate surface area is 61.6 Å². The van der Waals surface area contributed by atoms with Crippen LogP contribution in [0.4, 0.5) is 0 Å². The summed E-state index contributed by atoms with van der Waals surface area (Å²) < 4.78 is 0. The van der Waals surface area contributed by atoms with Crippen molar-refractivity contribution in [1.29, 1.82) is 0 Å². The van der Waals surface area contributed by atoms with Crippen molar-refractivity contribution in [3.8, 4) is 0 Å². The van der Waals surface area contributed by atoms with E-state index in [-0.39, 0.29) is 0 Å². The highest BCUT2D eigenvalue weighted by Gasteiger charge is 2.38. The van der Waals surface area contributed by atoms with Gasteiger partial charge in [0.25, 0.3) is 0 Å². The van der Waals surface area contributed by atoms with Gasteiger partial charge < -0.3 is 10.4 Å². The Balaban J connectivity index is 2.01. The minimum absolute atomic E-state index is 0.406. The smallest absolute Gasteiger partial charge is 0.0462 e. The van der Waals surface area contributed by atoms with Crippen LogP contribution in [0.25, 0.3) is 0 Å². The summed E-state index contributed by atoms with van der Waals surface area (Å²) in [5.74, 6) is 2.29. The van der Waals surface area contributed by atoms with E-state index in [4.69, 9.17) is 5.11 Å². The van der Waals surface area contributed by atoms with Crippen molar-refractivity contribution < 1.29 is 5.11 Å².